The van der Waals surface area contributed by atoms with Crippen molar-refractivity contribution in [2.24, 2.45) is 17.6 Å². The lowest BCUT2D eigenvalue weighted by atomic mass is 10.1. The van der Waals surface area contributed by atoms with Gasteiger partial charge in [-0.15, -0.1) is 0 Å². The number of rotatable bonds is 20. The molecule has 0 bridgehead atoms. The third kappa shape index (κ3) is 18.0. The number of para-hydroxylation sites is 1. The van der Waals surface area contributed by atoms with Gasteiger partial charge in [0.15, 0.2) is 11.6 Å². The molecule has 2 saturated carbocycles. The molecule has 420 valence electrons. The predicted molar refractivity (Wildman–Crippen MR) is 296 cm³/mol. The summed E-state index contributed by atoms with van der Waals surface area (Å²) >= 11 is 11.6. The maximum absolute atomic E-state index is 14.1. The van der Waals surface area contributed by atoms with Crippen LogP contribution in [0.5, 0.6) is 0 Å². The van der Waals surface area contributed by atoms with Crippen molar-refractivity contribution in [2.45, 2.75) is 105 Å². The monoisotopic (exact) mass is 1130 g/mol. The zero-order chi connectivity index (χ0) is 58.1. The van der Waals surface area contributed by atoms with Crippen LogP contribution in [0.1, 0.15) is 109 Å². The lowest BCUT2D eigenvalue weighted by Gasteiger charge is -2.26. The summed E-state index contributed by atoms with van der Waals surface area (Å²) < 4.78 is 31.6. The van der Waals surface area contributed by atoms with Gasteiger partial charge < -0.3 is 40.6 Å². The predicted octanol–water partition coefficient (Wildman–Crippen LogP) is 8.29. The summed E-state index contributed by atoms with van der Waals surface area (Å²) in [6, 6.07) is 21.1. The summed E-state index contributed by atoms with van der Waals surface area (Å²) in [6.07, 6.45) is 8.55. The number of nitrogens with zero attached hydrogens (tertiary/aromatic N) is 4. The van der Waals surface area contributed by atoms with E-state index in [2.05, 4.69) is 16.0 Å². The van der Waals surface area contributed by atoms with Gasteiger partial charge in [-0.25, -0.2) is 8.78 Å². The average molecular weight is 1130 g/mol. The fourth-order valence-electron chi connectivity index (χ4n) is 8.29. The zero-order valence-corrected chi connectivity index (χ0v) is 46.5. The SMILES string of the molecule is CC(=O)c1cn(CC(=O)N(CC(=O)NCc2cccc(Cl)c2F)C(C)C)c2ccc(C(=O)NCC3CC3)cc12.CC(=O)c1cn(CC(=O)N(CC(=O)NCc2cccc(Cl)c2F)C(C)C)c2ccccc12.NCC1CC1.O=C=O. The first-order valence-electron chi connectivity index (χ1n) is 25.8. The number of hydrogen-bond donors (Lipinski definition) is 4. The van der Waals surface area contributed by atoms with E-state index < -0.39 is 23.4 Å². The van der Waals surface area contributed by atoms with E-state index in [1.807, 2.05) is 38.1 Å². The number of amides is 5. The summed E-state index contributed by atoms with van der Waals surface area (Å²) in [5.41, 5.74) is 8.56. The molecule has 6 aromatic rings. The van der Waals surface area contributed by atoms with E-state index in [4.69, 9.17) is 38.5 Å². The van der Waals surface area contributed by atoms with E-state index in [1.165, 1.54) is 60.8 Å². The molecule has 2 aliphatic carbocycles. The Hall–Kier alpha value is -7.57. The van der Waals surface area contributed by atoms with Gasteiger partial charge in [0.1, 0.15) is 24.7 Å². The van der Waals surface area contributed by atoms with Crippen LogP contribution in [-0.4, -0.2) is 104 Å². The van der Waals surface area contributed by atoms with Crippen LogP contribution in [-0.2, 0) is 54.9 Å². The molecule has 0 atom stereocenters. The van der Waals surface area contributed by atoms with Gasteiger partial charge in [0.05, 0.1) is 23.1 Å². The highest BCUT2D eigenvalue weighted by molar-refractivity contribution is 6.31. The van der Waals surface area contributed by atoms with E-state index in [0.717, 1.165) is 36.2 Å². The van der Waals surface area contributed by atoms with E-state index in [9.17, 15) is 42.3 Å². The van der Waals surface area contributed by atoms with E-state index in [-0.39, 0.29) is 108 Å². The van der Waals surface area contributed by atoms with Gasteiger partial charge in [0.25, 0.3) is 5.91 Å². The van der Waals surface area contributed by atoms with Crippen LogP contribution in [0.25, 0.3) is 21.8 Å². The Balaban J connectivity index is 0.000000258. The highest BCUT2D eigenvalue weighted by Crippen LogP contribution is 2.29. The minimum absolute atomic E-state index is 0.0117. The van der Waals surface area contributed by atoms with Crippen molar-refractivity contribution in [3.05, 3.63) is 141 Å². The number of Topliss-reactive ketones (excluding diaryl/α,β-unsaturated/α-hetero) is 2. The van der Waals surface area contributed by atoms with Crippen molar-refractivity contribution >= 4 is 92.3 Å². The average Bonchev–Trinajstić information content (AvgIpc) is 4.41. The summed E-state index contributed by atoms with van der Waals surface area (Å²) in [7, 11) is 0. The van der Waals surface area contributed by atoms with Gasteiger partial charge in [0.2, 0.25) is 23.6 Å². The van der Waals surface area contributed by atoms with Gasteiger partial charge in [-0.2, -0.15) is 9.59 Å². The van der Waals surface area contributed by atoms with Crippen molar-refractivity contribution < 1.29 is 51.9 Å². The lowest BCUT2D eigenvalue weighted by molar-refractivity contribution is -0.191. The largest absolute Gasteiger partial charge is 0.373 e. The van der Waals surface area contributed by atoms with E-state index in [1.54, 1.807) is 65.7 Å². The van der Waals surface area contributed by atoms with Crippen molar-refractivity contribution in [1.82, 2.24) is 34.9 Å². The van der Waals surface area contributed by atoms with Crippen molar-refractivity contribution in [3.63, 3.8) is 0 Å². The van der Waals surface area contributed by atoms with Gasteiger partial charge in [-0.1, -0.05) is 65.7 Å². The van der Waals surface area contributed by atoms with Crippen LogP contribution in [0, 0.1) is 23.5 Å². The molecule has 0 aliphatic heterocycles. The number of halogens is 4. The second-order valence-electron chi connectivity index (χ2n) is 19.8. The zero-order valence-electron chi connectivity index (χ0n) is 45.0. The second-order valence-corrected chi connectivity index (χ2v) is 20.6. The van der Waals surface area contributed by atoms with Crippen LogP contribution in [0.3, 0.4) is 0 Å². The number of carbonyl (C=O) groups is 7. The second kappa shape index (κ2) is 29.4. The van der Waals surface area contributed by atoms with Gasteiger partial charge in [-0.05, 0) is 122 Å². The molecule has 17 nitrogen and oxygen atoms in total. The molecule has 0 spiro atoms. The molecule has 0 radical (unpaired) electrons. The number of fused-ring (bicyclic) bond motifs is 2. The Bertz CT molecular complexity index is 3220. The number of nitrogens with one attached hydrogen (secondary N) is 3. The van der Waals surface area contributed by atoms with E-state index >= 15 is 0 Å². The Morgan fingerprint density at radius 1 is 0.633 bits per heavy atom. The summed E-state index contributed by atoms with van der Waals surface area (Å²) in [5.74, 6) is -1.63. The molecule has 21 heteroatoms. The molecule has 5 amide bonds. The van der Waals surface area contributed by atoms with Crippen LogP contribution >= 0.6 is 23.2 Å². The quantitative estimate of drug-likeness (QED) is 0.0534. The number of benzene rings is 4. The molecule has 0 unspecified atom stereocenters. The Kier molecular flexibility index (Phi) is 23.2. The van der Waals surface area contributed by atoms with Crippen molar-refractivity contribution in [1.29, 1.82) is 0 Å². The minimum Gasteiger partial charge on any atom is -0.352 e. The van der Waals surface area contributed by atoms with Gasteiger partial charge in [-0.3, -0.25) is 33.6 Å². The van der Waals surface area contributed by atoms with Crippen LogP contribution in [0.15, 0.2) is 91.3 Å². The summed E-state index contributed by atoms with van der Waals surface area (Å²) in [6.45, 7) is 11.1. The van der Waals surface area contributed by atoms with Gasteiger partial charge >= 0.3 is 6.15 Å². The van der Waals surface area contributed by atoms with Gasteiger partial charge in [0, 0.05) is 93.7 Å². The normalized spacial score (nSPS) is 12.5. The third-order valence-corrected chi connectivity index (χ3v) is 13.7. The Morgan fingerprint density at radius 3 is 1.49 bits per heavy atom. The molecule has 2 fully saturated rings. The van der Waals surface area contributed by atoms with Crippen LogP contribution < -0.4 is 21.7 Å². The number of nitrogens with two attached hydrogens (primary N) is 1. The molecular formula is C58H66Cl2F2N8O9. The van der Waals surface area contributed by atoms with Crippen LogP contribution in [0.4, 0.5) is 8.78 Å². The molecule has 79 heavy (non-hydrogen) atoms. The molecule has 4 aromatic carbocycles. The first-order valence-corrected chi connectivity index (χ1v) is 26.5. The maximum Gasteiger partial charge on any atom is 0.373 e. The first kappa shape index (κ1) is 62.3. The standard InChI is InChI=1S/C29H32ClFN4O4.C24H25ClFN3O3.C4H9N.CO2/c1-17(2)35(15-26(37)32-13-21-5-4-6-24(30)28(21)31)27(38)16-34-14-23(18(3)36)22-11-20(9-10-25(22)34)29(39)33-12-19-7-8-19;1-15(2)29(13-22(31)27-11-17-7-6-9-20(25)24(17)26)23(32)14-28-12-19(16(3)30)18-8-4-5-10-21(18)28;5-3-4-1-2-4;2-1-3/h4-6,9-11,14,17,19H,7-8,12-13,15-16H2,1-3H3,(H,32,37)(H,33,39);4-10,12,15H,11,13-14H2,1-3H3,(H,27,31);4H,1-3,5H2;. The minimum atomic E-state index is -0.597. The molecular weight excluding hydrogens is 1060 g/mol. The topological polar surface area (TPSA) is 232 Å². The third-order valence-electron chi connectivity index (χ3n) is 13.1. The van der Waals surface area contributed by atoms with E-state index in [0.29, 0.717) is 40.1 Å². The molecule has 0 saturated heterocycles. The lowest BCUT2D eigenvalue weighted by Crippen LogP contribution is -2.45. The first-order chi connectivity index (χ1) is 37.6. The molecule has 5 N–H and O–H groups in total. The number of aromatic nitrogens is 2. The number of carbonyl (C=O) groups excluding carboxylic acids is 9. The fourth-order valence-corrected chi connectivity index (χ4v) is 8.68. The summed E-state index contributed by atoms with van der Waals surface area (Å²) in [5, 5.41) is 9.53. The van der Waals surface area contributed by atoms with Crippen LogP contribution in [0.2, 0.25) is 10.0 Å². The molecule has 8 rings (SSSR count). The highest BCUT2D eigenvalue weighted by Gasteiger charge is 2.26. The Morgan fingerprint density at radius 2 is 1.08 bits per heavy atom. The van der Waals surface area contributed by atoms with Crippen molar-refractivity contribution in [2.75, 3.05) is 26.2 Å². The molecule has 2 aliphatic rings. The molecule has 2 aromatic heterocycles. The number of ketones is 2. The number of hydrogen-bond acceptors (Lipinski definition) is 10. The summed E-state index contributed by atoms with van der Waals surface area (Å²) in [4.78, 5) is 108. The van der Waals surface area contributed by atoms with Crippen molar-refractivity contribution in [3.8, 4) is 0 Å². The fraction of sp³-hybridized carbons (Fsp3) is 0.379. The molecule has 2 heterocycles. The smallest absolute Gasteiger partial charge is 0.352 e. The Labute approximate surface area is 467 Å². The maximum atomic E-state index is 14.1. The highest BCUT2D eigenvalue weighted by atomic mass is 35.5.